The van der Waals surface area contributed by atoms with Crippen molar-refractivity contribution in [3.63, 3.8) is 0 Å². The Morgan fingerprint density at radius 3 is 2.13 bits per heavy atom. The molecule has 0 heterocycles. The van der Waals surface area contributed by atoms with Crippen LogP contribution in [0.25, 0.3) is 0 Å². The fraction of sp³-hybridized carbons (Fsp3) is 0.440. The molecule has 0 bridgehead atoms. The number of rotatable bonds is 11. The molecule has 0 fully saturated rings. The minimum atomic E-state index is -0.641. The first-order chi connectivity index (χ1) is 14.9. The fourth-order valence-electron chi connectivity index (χ4n) is 3.20. The molecule has 6 heteroatoms. The van der Waals surface area contributed by atoms with Gasteiger partial charge in [0.05, 0.1) is 0 Å². The van der Waals surface area contributed by atoms with Crippen LogP contribution in [0.4, 0.5) is 4.39 Å². The first-order valence-electron chi connectivity index (χ1n) is 10.9. The molecule has 0 aliphatic heterocycles. The van der Waals surface area contributed by atoms with E-state index in [1.807, 2.05) is 45.0 Å². The zero-order valence-corrected chi connectivity index (χ0v) is 18.9. The topological polar surface area (TPSA) is 58.6 Å². The molecule has 5 nitrogen and oxygen atoms in total. The Morgan fingerprint density at radius 2 is 1.58 bits per heavy atom. The molecular formula is C25H33FN2O3. The second-order valence-corrected chi connectivity index (χ2v) is 7.68. The molecule has 0 spiro atoms. The molecule has 0 unspecified atom stereocenters. The Kier molecular flexibility index (Phi) is 9.50. The molecule has 0 saturated carbocycles. The molecule has 0 aliphatic rings. The molecule has 0 radical (unpaired) electrons. The number of halogens is 1. The largest absolute Gasteiger partial charge is 0.484 e. The van der Waals surface area contributed by atoms with Crippen molar-refractivity contribution in [2.45, 2.75) is 65.6 Å². The number of nitrogens with one attached hydrogen (secondary N) is 1. The maximum Gasteiger partial charge on any atom is 0.261 e. The number of amides is 2. The Bertz CT molecular complexity index is 837. The van der Waals surface area contributed by atoms with Crippen molar-refractivity contribution in [2.24, 2.45) is 0 Å². The Hall–Kier alpha value is -2.89. The lowest BCUT2D eigenvalue weighted by atomic mass is 10.1. The molecule has 2 atom stereocenters. The zero-order valence-electron chi connectivity index (χ0n) is 18.9. The van der Waals surface area contributed by atoms with Gasteiger partial charge in [-0.1, -0.05) is 45.0 Å². The van der Waals surface area contributed by atoms with Crippen LogP contribution in [0.3, 0.4) is 0 Å². The van der Waals surface area contributed by atoms with E-state index in [-0.39, 0.29) is 36.8 Å². The summed E-state index contributed by atoms with van der Waals surface area (Å²) in [6, 6.07) is 12.9. The fourth-order valence-corrected chi connectivity index (χ4v) is 3.20. The maximum absolute atomic E-state index is 13.3. The standard InChI is InChI=1S/C25H33FN2O3/c1-5-18(4)27-25(30)23(7-3)28(16-20-8-12-21(26)13-9-20)24(29)17-31-22-14-10-19(6-2)11-15-22/h8-15,18,23H,5-7,16-17H2,1-4H3,(H,27,30)/t18-,23+/m1/s1. The lowest BCUT2D eigenvalue weighted by Gasteiger charge is -2.31. The number of nitrogens with zero attached hydrogens (tertiary/aromatic N) is 1. The summed E-state index contributed by atoms with van der Waals surface area (Å²) in [5.41, 5.74) is 1.93. The van der Waals surface area contributed by atoms with Crippen LogP contribution in [0.2, 0.25) is 0 Å². The van der Waals surface area contributed by atoms with Gasteiger partial charge in [0.25, 0.3) is 5.91 Å². The minimum absolute atomic E-state index is 0.0117. The monoisotopic (exact) mass is 428 g/mol. The predicted molar refractivity (Wildman–Crippen MR) is 120 cm³/mol. The highest BCUT2D eigenvalue weighted by Gasteiger charge is 2.29. The molecule has 31 heavy (non-hydrogen) atoms. The maximum atomic E-state index is 13.3. The molecule has 1 N–H and O–H groups in total. The summed E-state index contributed by atoms with van der Waals surface area (Å²) in [7, 11) is 0. The van der Waals surface area contributed by atoms with E-state index in [1.165, 1.54) is 22.6 Å². The van der Waals surface area contributed by atoms with E-state index in [4.69, 9.17) is 4.74 Å². The molecule has 168 valence electrons. The van der Waals surface area contributed by atoms with Crippen LogP contribution in [-0.4, -0.2) is 35.4 Å². The normalized spacial score (nSPS) is 12.7. The summed E-state index contributed by atoms with van der Waals surface area (Å²) in [5.74, 6) is -0.235. The SMILES string of the molecule is CCc1ccc(OCC(=O)N(Cc2ccc(F)cc2)[C@@H](CC)C(=O)N[C@H](C)CC)cc1. The highest BCUT2D eigenvalue weighted by atomic mass is 19.1. The average molecular weight is 429 g/mol. The van der Waals surface area contributed by atoms with Crippen LogP contribution >= 0.6 is 0 Å². The number of ether oxygens (including phenoxy) is 1. The summed E-state index contributed by atoms with van der Waals surface area (Å²) in [6.07, 6.45) is 2.18. The average Bonchev–Trinajstić information content (AvgIpc) is 2.78. The number of hydrogen-bond donors (Lipinski definition) is 1. The van der Waals surface area contributed by atoms with E-state index in [9.17, 15) is 14.0 Å². The van der Waals surface area contributed by atoms with E-state index in [0.29, 0.717) is 12.2 Å². The first kappa shape index (κ1) is 24.4. The highest BCUT2D eigenvalue weighted by molar-refractivity contribution is 5.88. The molecule has 0 aliphatic carbocycles. The van der Waals surface area contributed by atoms with Crippen molar-refractivity contribution in [3.05, 3.63) is 65.5 Å². The van der Waals surface area contributed by atoms with Gasteiger partial charge in [-0.3, -0.25) is 9.59 Å². The van der Waals surface area contributed by atoms with Crippen molar-refractivity contribution >= 4 is 11.8 Å². The van der Waals surface area contributed by atoms with Gasteiger partial charge in [-0.2, -0.15) is 0 Å². The number of carbonyl (C=O) groups is 2. The highest BCUT2D eigenvalue weighted by Crippen LogP contribution is 2.16. The van der Waals surface area contributed by atoms with Crippen LogP contribution in [0.1, 0.15) is 51.7 Å². The summed E-state index contributed by atoms with van der Waals surface area (Å²) < 4.78 is 19.0. The molecule has 2 aromatic rings. The van der Waals surface area contributed by atoms with Gasteiger partial charge >= 0.3 is 0 Å². The molecule has 2 aromatic carbocycles. The van der Waals surface area contributed by atoms with Crippen molar-refractivity contribution < 1.29 is 18.7 Å². The van der Waals surface area contributed by atoms with Crippen LogP contribution in [0.5, 0.6) is 5.75 Å². The van der Waals surface area contributed by atoms with Gasteiger partial charge in [0.15, 0.2) is 6.61 Å². The molecule has 2 rings (SSSR count). The second-order valence-electron chi connectivity index (χ2n) is 7.68. The van der Waals surface area contributed by atoms with E-state index in [2.05, 4.69) is 12.2 Å². The third-order valence-corrected chi connectivity index (χ3v) is 5.35. The van der Waals surface area contributed by atoms with Crippen LogP contribution in [-0.2, 0) is 22.6 Å². The number of aryl methyl sites for hydroxylation is 1. The third kappa shape index (κ3) is 7.39. The van der Waals surface area contributed by atoms with Gasteiger partial charge in [0.2, 0.25) is 5.91 Å². The van der Waals surface area contributed by atoms with E-state index in [1.54, 1.807) is 12.1 Å². The van der Waals surface area contributed by atoms with Gasteiger partial charge in [-0.15, -0.1) is 0 Å². The predicted octanol–water partition coefficient (Wildman–Crippen LogP) is 4.49. The summed E-state index contributed by atoms with van der Waals surface area (Å²) >= 11 is 0. The Balaban J connectivity index is 2.18. The molecule has 0 saturated heterocycles. The number of carbonyl (C=O) groups excluding carboxylic acids is 2. The van der Waals surface area contributed by atoms with Gasteiger partial charge in [-0.05, 0) is 61.6 Å². The van der Waals surface area contributed by atoms with Crippen molar-refractivity contribution in [1.29, 1.82) is 0 Å². The van der Waals surface area contributed by atoms with Gasteiger partial charge in [0, 0.05) is 12.6 Å². The summed E-state index contributed by atoms with van der Waals surface area (Å²) in [4.78, 5) is 27.5. The lowest BCUT2D eigenvalue weighted by Crippen LogP contribution is -2.51. The Morgan fingerprint density at radius 1 is 0.968 bits per heavy atom. The van der Waals surface area contributed by atoms with Crippen LogP contribution in [0.15, 0.2) is 48.5 Å². The lowest BCUT2D eigenvalue weighted by molar-refractivity contribution is -0.143. The number of benzene rings is 2. The van der Waals surface area contributed by atoms with Crippen molar-refractivity contribution in [2.75, 3.05) is 6.61 Å². The van der Waals surface area contributed by atoms with Crippen molar-refractivity contribution in [3.8, 4) is 5.75 Å². The van der Waals surface area contributed by atoms with Crippen molar-refractivity contribution in [1.82, 2.24) is 10.2 Å². The van der Waals surface area contributed by atoms with Gasteiger partial charge < -0.3 is 15.0 Å². The first-order valence-corrected chi connectivity index (χ1v) is 10.9. The van der Waals surface area contributed by atoms with Gasteiger partial charge in [0.1, 0.15) is 17.6 Å². The zero-order chi connectivity index (χ0) is 22.8. The minimum Gasteiger partial charge on any atom is -0.484 e. The molecular weight excluding hydrogens is 395 g/mol. The third-order valence-electron chi connectivity index (χ3n) is 5.35. The number of hydrogen-bond acceptors (Lipinski definition) is 3. The molecule has 2 amide bonds. The van der Waals surface area contributed by atoms with Gasteiger partial charge in [-0.25, -0.2) is 4.39 Å². The Labute approximate surface area is 184 Å². The van der Waals surface area contributed by atoms with E-state index in [0.717, 1.165) is 18.4 Å². The van der Waals surface area contributed by atoms with Crippen LogP contribution in [0, 0.1) is 5.82 Å². The van der Waals surface area contributed by atoms with E-state index >= 15 is 0 Å². The summed E-state index contributed by atoms with van der Waals surface area (Å²) in [6.45, 7) is 7.88. The second kappa shape index (κ2) is 12.1. The van der Waals surface area contributed by atoms with Crippen LogP contribution < -0.4 is 10.1 Å². The van der Waals surface area contributed by atoms with E-state index < -0.39 is 6.04 Å². The smallest absolute Gasteiger partial charge is 0.261 e. The summed E-state index contributed by atoms with van der Waals surface area (Å²) in [5, 5.41) is 2.96. The molecule has 0 aromatic heterocycles. The quantitative estimate of drug-likeness (QED) is 0.574.